The third-order valence-corrected chi connectivity index (χ3v) is 12.4. The van der Waals surface area contributed by atoms with E-state index in [1.165, 1.54) is 49.4 Å². The van der Waals surface area contributed by atoms with Crippen LogP contribution in [-0.4, -0.2) is 93.5 Å². The number of azo groups is 1. The lowest BCUT2D eigenvalue weighted by Gasteiger charge is -2.11. The summed E-state index contributed by atoms with van der Waals surface area (Å²) >= 11 is 13.5. The number of carbonyl (C=O) groups is 1. The van der Waals surface area contributed by atoms with Crippen LogP contribution in [0.3, 0.4) is 0 Å². The van der Waals surface area contributed by atoms with E-state index in [4.69, 9.17) is 33.0 Å². The number of rotatable bonds is 19. The van der Waals surface area contributed by atoms with E-state index < -0.39 is 69.9 Å². The normalized spacial score (nSPS) is 12.2. The fourth-order valence-corrected chi connectivity index (χ4v) is 8.43. The highest BCUT2D eigenvalue weighted by Crippen LogP contribution is 2.36. The molecule has 31 heteroatoms. The van der Waals surface area contributed by atoms with Crippen molar-refractivity contribution in [3.05, 3.63) is 80.7 Å². The second-order valence-corrected chi connectivity index (χ2v) is 18.4. The zero-order valence-electron chi connectivity index (χ0n) is 29.6. The van der Waals surface area contributed by atoms with E-state index in [2.05, 4.69) is 54.5 Å². The third-order valence-electron chi connectivity index (χ3n) is 7.18. The molecule has 0 spiro atoms. The van der Waals surface area contributed by atoms with Gasteiger partial charge in [-0.1, -0.05) is 40.0 Å². The number of benzene rings is 3. The van der Waals surface area contributed by atoms with Gasteiger partial charge in [-0.3, -0.25) is 23.8 Å². The van der Waals surface area contributed by atoms with Crippen LogP contribution in [-0.2, 0) is 48.7 Å². The van der Waals surface area contributed by atoms with Crippen LogP contribution in [0, 0.1) is 6.92 Å². The van der Waals surface area contributed by atoms with Gasteiger partial charge < -0.3 is 15.7 Å². The van der Waals surface area contributed by atoms with Crippen molar-refractivity contribution < 1.29 is 63.1 Å². The molecule has 3 aromatic carbocycles. The standard InChI is InChI=1S/C29H25Cl2N9O15S5/c1-14-25(26(43)40(39-14)21-11-19(31)23(12-18(21)30)59(47,48)49)38-37-20-10-16(4-7-22(20)57-55-54-44)33-28-34-27(35-29(36-28)56-13-24(41)42)32-15-2-5-17(6-3-15)58(45,46)9-8-53-60(50,51)52/h2-7,10-12,39,44H,8-9,13H2,1H3,(H,41,42)(H,47,48,49)(H,50,51,52)(H2,32,33,34,35,36). The van der Waals surface area contributed by atoms with E-state index in [1.807, 2.05) is 0 Å². The molecule has 0 aliphatic rings. The number of aryl methyl sites for hydroxylation is 1. The molecule has 5 aromatic rings. The molecule has 60 heavy (non-hydrogen) atoms. The molecule has 0 aliphatic heterocycles. The Kier molecular flexibility index (Phi) is 14.9. The van der Waals surface area contributed by atoms with Gasteiger partial charge in [0.05, 0.1) is 61.4 Å². The van der Waals surface area contributed by atoms with Crippen molar-refractivity contribution in [2.45, 2.75) is 26.8 Å². The van der Waals surface area contributed by atoms with E-state index in [0.717, 1.165) is 28.6 Å². The fraction of sp³-hybridized carbons (Fsp3) is 0.138. The minimum Gasteiger partial charge on any atom is -0.481 e. The number of sulfone groups is 1. The van der Waals surface area contributed by atoms with Gasteiger partial charge >= 0.3 is 16.4 Å². The van der Waals surface area contributed by atoms with Crippen LogP contribution < -0.4 is 16.2 Å². The average molecular weight is 971 g/mol. The molecule has 2 aromatic heterocycles. The summed E-state index contributed by atoms with van der Waals surface area (Å²) in [5.74, 6) is -2.61. The van der Waals surface area contributed by atoms with Crippen LogP contribution in [0.2, 0.25) is 10.0 Å². The number of thioether (sulfide) groups is 1. The van der Waals surface area contributed by atoms with E-state index in [-0.39, 0.29) is 66.0 Å². The number of anilines is 4. The van der Waals surface area contributed by atoms with E-state index in [1.54, 1.807) is 0 Å². The molecule has 0 saturated heterocycles. The molecular weight excluding hydrogens is 946 g/mol. The Morgan fingerprint density at radius 3 is 2.18 bits per heavy atom. The summed E-state index contributed by atoms with van der Waals surface area (Å²) in [6, 6.07) is 11.3. The van der Waals surface area contributed by atoms with Crippen molar-refractivity contribution in [2.75, 3.05) is 28.7 Å². The van der Waals surface area contributed by atoms with Crippen molar-refractivity contribution in [2.24, 2.45) is 10.2 Å². The van der Waals surface area contributed by atoms with Crippen LogP contribution >= 0.6 is 47.0 Å². The molecule has 0 bridgehead atoms. The maximum atomic E-state index is 13.4. The fourth-order valence-electron chi connectivity index (χ4n) is 4.64. The molecule has 2 heterocycles. The molecule has 7 N–H and O–H groups in total. The van der Waals surface area contributed by atoms with Gasteiger partial charge in [-0.25, -0.2) is 22.5 Å². The van der Waals surface area contributed by atoms with Crippen LogP contribution in [0.1, 0.15) is 5.69 Å². The number of aromatic amines is 1. The highest BCUT2D eigenvalue weighted by molar-refractivity contribution is 7.99. The second kappa shape index (κ2) is 19.3. The van der Waals surface area contributed by atoms with Gasteiger partial charge in [0, 0.05) is 11.4 Å². The average Bonchev–Trinajstić information content (AvgIpc) is 3.44. The molecule has 0 atom stereocenters. The van der Waals surface area contributed by atoms with Gasteiger partial charge in [-0.05, 0) is 61.5 Å². The van der Waals surface area contributed by atoms with Crippen molar-refractivity contribution >= 4 is 118 Å². The molecule has 0 aliphatic carbocycles. The summed E-state index contributed by atoms with van der Waals surface area (Å²) in [6.45, 7) is 0.649. The summed E-state index contributed by atoms with van der Waals surface area (Å²) in [7, 11) is -13.6. The van der Waals surface area contributed by atoms with Gasteiger partial charge in [-0.15, -0.1) is 14.6 Å². The number of carboxylic acid groups (broad SMARTS) is 1. The lowest BCUT2D eigenvalue weighted by molar-refractivity contribution is -0.432. The third kappa shape index (κ3) is 12.4. The quantitative estimate of drug-likeness (QED) is 0.0138. The maximum absolute atomic E-state index is 13.4. The topological polar surface area (TPSA) is 353 Å². The molecule has 5 rings (SSSR count). The van der Waals surface area contributed by atoms with Crippen LogP contribution in [0.25, 0.3) is 5.69 Å². The summed E-state index contributed by atoms with van der Waals surface area (Å²) in [5.41, 5.74) is -0.431. The zero-order valence-corrected chi connectivity index (χ0v) is 35.2. The van der Waals surface area contributed by atoms with Crippen molar-refractivity contribution in [3.63, 3.8) is 0 Å². The van der Waals surface area contributed by atoms with Crippen LogP contribution in [0.15, 0.2) is 89.5 Å². The van der Waals surface area contributed by atoms with E-state index >= 15 is 0 Å². The lowest BCUT2D eigenvalue weighted by Crippen LogP contribution is -2.15. The van der Waals surface area contributed by atoms with Gasteiger partial charge in [-0.2, -0.15) is 31.8 Å². The van der Waals surface area contributed by atoms with Gasteiger partial charge in [0.2, 0.25) is 11.9 Å². The van der Waals surface area contributed by atoms with Crippen molar-refractivity contribution in [1.82, 2.24) is 24.7 Å². The molecule has 0 amide bonds. The SMILES string of the molecule is Cc1[nH]n(-c2cc(Cl)c(S(=O)(=O)O)cc2Cl)c(=O)c1N=Nc1cc(Nc2nc(Nc3ccc(S(=O)(=O)CCOS(=O)(=O)O)cc3)nc(SCC(=O)O)n2)ccc1SOOO. The Hall–Kier alpha value is -4.76. The number of hydrogen-bond donors (Lipinski definition) is 7. The number of halogens is 2. The lowest BCUT2D eigenvalue weighted by atomic mass is 10.3. The highest BCUT2D eigenvalue weighted by Gasteiger charge is 2.22. The summed E-state index contributed by atoms with van der Waals surface area (Å²) in [6.07, 6.45) is 0. The van der Waals surface area contributed by atoms with Crippen molar-refractivity contribution in [3.8, 4) is 5.69 Å². The van der Waals surface area contributed by atoms with Gasteiger partial charge in [0.15, 0.2) is 20.7 Å². The minimum atomic E-state index is -4.84. The first-order chi connectivity index (χ1) is 28.1. The predicted octanol–water partition coefficient (Wildman–Crippen LogP) is 5.31. The largest absolute Gasteiger partial charge is 0.481 e. The number of hydrogen-bond acceptors (Lipinski definition) is 21. The summed E-state index contributed by atoms with van der Waals surface area (Å²) in [4.78, 5) is 36.8. The number of aromatic nitrogens is 5. The summed E-state index contributed by atoms with van der Waals surface area (Å²) in [5, 5.41) is 37.6. The number of nitrogens with one attached hydrogen (secondary N) is 3. The van der Waals surface area contributed by atoms with Gasteiger partial charge in [0.25, 0.3) is 15.7 Å². The first kappa shape index (κ1) is 46.3. The zero-order chi connectivity index (χ0) is 44.0. The molecular formula is C29H25Cl2N9O15S5. The molecule has 24 nitrogen and oxygen atoms in total. The Labute approximate surface area is 356 Å². The number of carboxylic acids is 1. The second-order valence-electron chi connectivity index (χ2n) is 11.3. The monoisotopic (exact) mass is 969 g/mol. The van der Waals surface area contributed by atoms with E-state index in [9.17, 15) is 44.5 Å². The van der Waals surface area contributed by atoms with Crippen LogP contribution in [0.4, 0.5) is 34.6 Å². The predicted molar refractivity (Wildman–Crippen MR) is 213 cm³/mol. The smallest absolute Gasteiger partial charge is 0.397 e. The Balaban J connectivity index is 1.43. The summed E-state index contributed by atoms with van der Waals surface area (Å²) < 4.78 is 97.6. The molecule has 320 valence electrons. The Bertz CT molecular complexity index is 2860. The van der Waals surface area contributed by atoms with Crippen molar-refractivity contribution in [1.29, 1.82) is 0 Å². The number of H-pyrrole nitrogens is 1. The minimum absolute atomic E-state index is 0.0136. The Morgan fingerprint density at radius 2 is 1.57 bits per heavy atom. The van der Waals surface area contributed by atoms with Gasteiger partial charge in [0.1, 0.15) is 10.6 Å². The number of aliphatic carboxylic acids is 1. The molecule has 0 fully saturated rings. The first-order valence-corrected chi connectivity index (χ1v) is 22.7. The Morgan fingerprint density at radius 1 is 0.917 bits per heavy atom. The molecule has 0 radical (unpaired) electrons. The maximum Gasteiger partial charge on any atom is 0.397 e. The van der Waals surface area contributed by atoms with Crippen LogP contribution in [0.5, 0.6) is 0 Å². The highest BCUT2D eigenvalue weighted by atomic mass is 35.5. The number of nitrogens with zero attached hydrogens (tertiary/aromatic N) is 6. The first-order valence-electron chi connectivity index (χ1n) is 15.7. The van der Waals surface area contributed by atoms with E-state index in [0.29, 0.717) is 12.0 Å². The molecule has 0 saturated carbocycles. The molecule has 0 unspecified atom stereocenters.